The summed E-state index contributed by atoms with van der Waals surface area (Å²) in [5, 5.41) is 8.47. The van der Waals surface area contributed by atoms with Crippen LogP contribution in [0.4, 0.5) is 0 Å². The van der Waals surface area contributed by atoms with Crippen LogP contribution < -0.4 is 59.1 Å². The van der Waals surface area contributed by atoms with Crippen molar-refractivity contribution in [1.29, 1.82) is 0 Å². The Labute approximate surface area is 175 Å². The van der Waals surface area contributed by atoms with E-state index in [-0.39, 0.29) is 59.1 Å². The summed E-state index contributed by atoms with van der Waals surface area (Å²) in [5.41, 5.74) is 0.459. The Balaban J connectivity index is -0.000000137. The Morgan fingerprint density at radius 2 is 1.50 bits per heavy atom. The van der Waals surface area contributed by atoms with Crippen molar-refractivity contribution in [3.05, 3.63) is 11.6 Å². The maximum atomic E-state index is 10.3. The molecule has 0 atom stereocenters. The van der Waals surface area contributed by atoms with E-state index in [0.29, 0.717) is 5.57 Å². The number of hydrogen-bond donors (Lipinski definition) is 1. The number of unbranched alkanes of at least 4 members (excludes halogenated alkanes) is 3. The third kappa shape index (κ3) is 29.1. The number of aliphatic carboxylic acids is 1. The molecule has 0 aliphatic carbocycles. The minimum absolute atomic E-state index is 0. The topological polar surface area (TPSA) is 161 Å². The van der Waals surface area contributed by atoms with Crippen molar-refractivity contribution in [1.82, 2.24) is 0 Å². The van der Waals surface area contributed by atoms with Gasteiger partial charge in [-0.15, -0.1) is 0 Å². The Hall–Kier alpha value is 0.990. The van der Waals surface area contributed by atoms with E-state index in [1.54, 1.807) is 13.0 Å². The fourth-order valence-electron chi connectivity index (χ4n) is 0.902. The second-order valence-corrected chi connectivity index (χ2v) is 5.75. The van der Waals surface area contributed by atoms with Crippen LogP contribution in [0.15, 0.2) is 11.6 Å². The van der Waals surface area contributed by atoms with Crippen LogP contribution in [0.5, 0.6) is 0 Å². The minimum atomic E-state index is -5.43. The largest absolute Gasteiger partial charge is 1.00 e. The number of allylic oxidation sites excluding steroid dienone is 1. The molecule has 0 unspecified atom stereocenters. The molecule has 0 amide bonds. The summed E-state index contributed by atoms with van der Waals surface area (Å²) in [6, 6.07) is 0. The molecular formula is C9H16Na2O9S2. The summed E-state index contributed by atoms with van der Waals surface area (Å²) in [6.45, 7) is 3.77. The number of carboxylic acids is 1. The van der Waals surface area contributed by atoms with Gasteiger partial charge in [-0.1, -0.05) is 25.8 Å². The minimum Gasteiger partial charge on any atom is -0.725 e. The summed E-state index contributed by atoms with van der Waals surface area (Å²) < 4.78 is 58.2. The van der Waals surface area contributed by atoms with Crippen LogP contribution in [0.2, 0.25) is 0 Å². The van der Waals surface area contributed by atoms with Gasteiger partial charge >= 0.3 is 65.1 Å². The maximum Gasteiger partial charge on any atom is 1.00 e. The molecule has 0 aromatic rings. The molecular weight excluding hydrogens is 362 g/mol. The molecule has 0 saturated carbocycles. The Bertz CT molecular complexity index is 495. The summed E-state index contributed by atoms with van der Waals surface area (Å²) >= 11 is 0. The third-order valence-electron chi connectivity index (χ3n) is 1.76. The predicted octanol–water partition coefficient (Wildman–Crippen LogP) is -5.47. The van der Waals surface area contributed by atoms with Gasteiger partial charge in [0.25, 0.3) is 0 Å². The monoisotopic (exact) mass is 378 g/mol. The summed E-state index contributed by atoms with van der Waals surface area (Å²) in [7, 11) is -10.9. The van der Waals surface area contributed by atoms with Crippen molar-refractivity contribution in [3.63, 3.8) is 0 Å². The molecule has 0 aromatic heterocycles. The maximum absolute atomic E-state index is 10.3. The van der Waals surface area contributed by atoms with Crippen molar-refractivity contribution in [2.24, 2.45) is 0 Å². The van der Waals surface area contributed by atoms with E-state index in [1.807, 2.05) is 0 Å². The Morgan fingerprint density at radius 1 is 1.09 bits per heavy atom. The van der Waals surface area contributed by atoms with E-state index in [4.69, 9.17) is 5.11 Å². The fourth-order valence-corrected chi connectivity index (χ4v) is 1.72. The molecule has 0 saturated heterocycles. The first kappa shape index (κ1) is 30.8. The molecule has 120 valence electrons. The normalized spacial score (nSPS) is 11.4. The number of rotatable bonds is 7. The molecule has 0 aliphatic rings. The van der Waals surface area contributed by atoms with Crippen LogP contribution in [-0.2, 0) is 29.2 Å². The van der Waals surface area contributed by atoms with E-state index in [2.05, 4.69) is 10.6 Å². The second kappa shape index (κ2) is 15.5. The van der Waals surface area contributed by atoms with Crippen molar-refractivity contribution < 1.29 is 98.6 Å². The van der Waals surface area contributed by atoms with E-state index >= 15 is 0 Å². The van der Waals surface area contributed by atoms with Gasteiger partial charge in [0.2, 0.25) is 20.8 Å². The molecule has 13 heteroatoms. The number of carboxylic acid groups (broad SMARTS) is 1. The SMILES string of the molecule is CCCCCC=C(C)C(=O)O.O=S(=O)([O-])OS(=O)(=O)[O-].[Na+].[Na+]. The summed E-state index contributed by atoms with van der Waals surface area (Å²) in [5.74, 6) is -0.804. The standard InChI is InChI=1S/C9H16O2.2Na.H2O7S2/c1-3-4-5-6-7-8(2)9(10)11;;;1-8(2,3)7-9(4,5)6/h7H,3-6H2,1-2H3,(H,10,11);;;(H,1,2,3)(H,4,5,6)/q;2*+1;/p-2. The average molecular weight is 378 g/mol. The molecule has 22 heavy (non-hydrogen) atoms. The Kier molecular flexibility index (Phi) is 21.7. The fraction of sp³-hybridized carbons (Fsp3) is 0.667. The van der Waals surface area contributed by atoms with Gasteiger partial charge < -0.3 is 14.2 Å². The van der Waals surface area contributed by atoms with Gasteiger partial charge in [0.05, 0.1) is 0 Å². The van der Waals surface area contributed by atoms with Gasteiger partial charge in [-0.05, 0) is 19.8 Å². The van der Waals surface area contributed by atoms with Crippen molar-refractivity contribution in [3.8, 4) is 0 Å². The Morgan fingerprint density at radius 3 is 1.73 bits per heavy atom. The predicted molar refractivity (Wildman–Crippen MR) is 66.0 cm³/mol. The molecule has 9 nitrogen and oxygen atoms in total. The van der Waals surface area contributed by atoms with Crippen LogP contribution in [0.1, 0.15) is 39.5 Å². The van der Waals surface area contributed by atoms with Gasteiger partial charge in [0, 0.05) is 5.57 Å². The van der Waals surface area contributed by atoms with Crippen molar-refractivity contribution >= 4 is 26.8 Å². The number of hydrogen-bond acceptors (Lipinski definition) is 8. The molecule has 0 fully saturated rings. The molecule has 0 aromatic carbocycles. The molecule has 0 spiro atoms. The van der Waals surface area contributed by atoms with Gasteiger partial charge in [-0.2, -0.15) is 3.63 Å². The molecule has 0 heterocycles. The van der Waals surface area contributed by atoms with Crippen LogP contribution in [-0.4, -0.2) is 37.0 Å². The molecule has 0 rings (SSSR count). The smallest absolute Gasteiger partial charge is 0.725 e. The second-order valence-electron chi connectivity index (χ2n) is 3.57. The summed E-state index contributed by atoms with van der Waals surface area (Å²) in [4.78, 5) is 10.3. The van der Waals surface area contributed by atoms with Crippen LogP contribution in [0, 0.1) is 0 Å². The van der Waals surface area contributed by atoms with Gasteiger partial charge in [-0.3, -0.25) is 0 Å². The van der Waals surface area contributed by atoms with Gasteiger partial charge in [-0.25, -0.2) is 21.6 Å². The zero-order chi connectivity index (χ0) is 16.4. The third-order valence-corrected chi connectivity index (χ3v) is 3.10. The summed E-state index contributed by atoms with van der Waals surface area (Å²) in [6.07, 6.45) is 6.15. The van der Waals surface area contributed by atoms with E-state index in [9.17, 15) is 30.7 Å². The first-order valence-electron chi connectivity index (χ1n) is 5.42. The first-order chi connectivity index (χ1) is 8.89. The molecule has 1 N–H and O–H groups in total. The van der Waals surface area contributed by atoms with E-state index < -0.39 is 26.8 Å². The molecule has 0 bridgehead atoms. The molecule has 0 aliphatic heterocycles. The van der Waals surface area contributed by atoms with E-state index in [0.717, 1.165) is 12.8 Å². The average Bonchev–Trinajstić information content (AvgIpc) is 2.19. The van der Waals surface area contributed by atoms with Crippen molar-refractivity contribution in [2.45, 2.75) is 39.5 Å². The van der Waals surface area contributed by atoms with E-state index in [1.165, 1.54) is 12.8 Å². The quantitative estimate of drug-likeness (QED) is 0.150. The van der Waals surface area contributed by atoms with Crippen LogP contribution in [0.25, 0.3) is 0 Å². The first-order valence-corrected chi connectivity index (χ1v) is 8.08. The van der Waals surface area contributed by atoms with Crippen molar-refractivity contribution in [2.75, 3.05) is 0 Å². The van der Waals surface area contributed by atoms with Gasteiger partial charge in [0.1, 0.15) is 0 Å². The molecule has 0 radical (unpaired) electrons. The zero-order valence-electron chi connectivity index (χ0n) is 12.9. The zero-order valence-corrected chi connectivity index (χ0v) is 18.6. The van der Waals surface area contributed by atoms with Crippen LogP contribution >= 0.6 is 0 Å². The van der Waals surface area contributed by atoms with Crippen LogP contribution in [0.3, 0.4) is 0 Å². The number of carbonyl (C=O) groups is 1. The van der Waals surface area contributed by atoms with Gasteiger partial charge in [0.15, 0.2) is 0 Å².